The number of hydrogen-bond acceptors (Lipinski definition) is 8. The van der Waals surface area contributed by atoms with Crippen LogP contribution in [0.5, 0.6) is 0 Å². The zero-order chi connectivity index (χ0) is 25.7. The van der Waals surface area contributed by atoms with E-state index in [2.05, 4.69) is 16.0 Å². The summed E-state index contributed by atoms with van der Waals surface area (Å²) in [5.41, 5.74) is 5.88. The smallest absolute Gasteiger partial charge is 0.408 e. The van der Waals surface area contributed by atoms with E-state index in [0.29, 0.717) is 11.8 Å². The number of carbonyl (C=O) groups is 6. The van der Waals surface area contributed by atoms with Crippen LogP contribution in [0.3, 0.4) is 0 Å². The number of rotatable bonds is 13. The van der Waals surface area contributed by atoms with E-state index in [9.17, 15) is 28.8 Å². The van der Waals surface area contributed by atoms with Gasteiger partial charge in [0.15, 0.2) is 5.12 Å². The molecule has 13 heteroatoms. The molecule has 12 nitrogen and oxygen atoms in total. The summed E-state index contributed by atoms with van der Waals surface area (Å²) in [5.74, 6) is -3.92. The molecule has 0 saturated carbocycles. The molecule has 0 bridgehead atoms. The van der Waals surface area contributed by atoms with Gasteiger partial charge in [-0.15, -0.1) is 0 Å². The number of nitrogens with two attached hydrogens (primary N) is 1. The molecule has 1 aromatic rings. The standard InChI is InChI=1S/C21H28N4O8S/c1-12(18(22)29)23-20(31)15(8-9-17(28)34-11-16(26)27)25-19(30)13(2)24-21(32)33-10-14-6-4-3-5-7-14/h3-7,12-13,15H,8-11H2,1-2H3,(H2,22,29)(H,23,31)(H,24,32)(H,25,30)(H,26,27)/t12-,13-,15?/m0/s1. The van der Waals surface area contributed by atoms with Gasteiger partial charge in [-0.1, -0.05) is 42.1 Å². The molecule has 0 aliphatic rings. The number of benzene rings is 1. The molecule has 0 saturated heterocycles. The van der Waals surface area contributed by atoms with Crippen molar-refractivity contribution in [1.82, 2.24) is 16.0 Å². The van der Waals surface area contributed by atoms with E-state index in [1.165, 1.54) is 13.8 Å². The summed E-state index contributed by atoms with van der Waals surface area (Å²) in [6.45, 7) is 2.71. The minimum atomic E-state index is -1.24. The van der Waals surface area contributed by atoms with Crippen LogP contribution in [0, 0.1) is 0 Å². The van der Waals surface area contributed by atoms with Gasteiger partial charge in [0.05, 0.1) is 5.75 Å². The highest BCUT2D eigenvalue weighted by Crippen LogP contribution is 2.10. The minimum Gasteiger partial charge on any atom is -0.481 e. The Hall–Kier alpha value is -3.61. The summed E-state index contributed by atoms with van der Waals surface area (Å²) in [5, 5.41) is 15.2. The van der Waals surface area contributed by atoms with Crippen molar-refractivity contribution in [2.75, 3.05) is 5.75 Å². The molecule has 6 N–H and O–H groups in total. The van der Waals surface area contributed by atoms with Crippen molar-refractivity contribution < 1.29 is 38.6 Å². The van der Waals surface area contributed by atoms with Gasteiger partial charge in [-0.05, 0) is 25.8 Å². The number of carbonyl (C=O) groups excluding carboxylic acids is 5. The first-order valence-corrected chi connectivity index (χ1v) is 11.2. The number of carboxylic acids is 1. The molecule has 3 atom stereocenters. The molecule has 1 unspecified atom stereocenters. The van der Waals surface area contributed by atoms with Crippen LogP contribution in [-0.2, 0) is 35.3 Å². The van der Waals surface area contributed by atoms with E-state index in [4.69, 9.17) is 15.6 Å². The maximum atomic E-state index is 12.5. The van der Waals surface area contributed by atoms with Crippen LogP contribution in [-0.4, -0.2) is 63.9 Å². The number of hydrogen-bond donors (Lipinski definition) is 5. The average Bonchev–Trinajstić information content (AvgIpc) is 2.79. The Morgan fingerprint density at radius 3 is 2.21 bits per heavy atom. The first-order chi connectivity index (χ1) is 16.0. The molecule has 0 aliphatic heterocycles. The van der Waals surface area contributed by atoms with Gasteiger partial charge in [0.25, 0.3) is 0 Å². The van der Waals surface area contributed by atoms with Crippen LogP contribution in [0.2, 0.25) is 0 Å². The van der Waals surface area contributed by atoms with Crippen LogP contribution >= 0.6 is 11.8 Å². The van der Waals surface area contributed by atoms with E-state index in [1.807, 2.05) is 6.07 Å². The van der Waals surface area contributed by atoms with Gasteiger partial charge in [-0.3, -0.25) is 24.0 Å². The van der Waals surface area contributed by atoms with E-state index < -0.39 is 58.8 Å². The largest absolute Gasteiger partial charge is 0.481 e. The molecule has 1 rings (SSSR count). The lowest BCUT2D eigenvalue weighted by Crippen LogP contribution is -2.55. The van der Waals surface area contributed by atoms with Crippen molar-refractivity contribution in [3.05, 3.63) is 35.9 Å². The number of thioether (sulfide) groups is 1. The fraction of sp³-hybridized carbons (Fsp3) is 0.429. The fourth-order valence-electron chi connectivity index (χ4n) is 2.43. The summed E-state index contributed by atoms with van der Waals surface area (Å²) >= 11 is 0.564. The molecule has 0 fully saturated rings. The van der Waals surface area contributed by atoms with Crippen LogP contribution in [0.15, 0.2) is 30.3 Å². The van der Waals surface area contributed by atoms with E-state index in [1.54, 1.807) is 24.3 Å². The Bertz CT molecular complexity index is 896. The Morgan fingerprint density at radius 2 is 1.62 bits per heavy atom. The SMILES string of the molecule is C[C@H](NC(=O)C(CCC(=O)SCC(=O)O)NC(=O)[C@H](C)NC(=O)OCc1ccccc1)C(N)=O. The van der Waals surface area contributed by atoms with Crippen LogP contribution in [0.4, 0.5) is 4.79 Å². The average molecular weight is 497 g/mol. The lowest BCUT2D eigenvalue weighted by molar-refractivity contribution is -0.134. The quantitative estimate of drug-likeness (QED) is 0.248. The second kappa shape index (κ2) is 14.5. The van der Waals surface area contributed by atoms with Crippen LogP contribution in [0.25, 0.3) is 0 Å². The number of amides is 4. The summed E-state index contributed by atoms with van der Waals surface area (Å²) in [6.07, 6.45) is -1.24. The van der Waals surface area contributed by atoms with Gasteiger partial charge in [-0.25, -0.2) is 4.79 Å². The molecule has 34 heavy (non-hydrogen) atoms. The molecule has 0 aliphatic carbocycles. The van der Waals surface area contributed by atoms with Crippen molar-refractivity contribution in [2.45, 2.75) is 51.4 Å². The zero-order valence-corrected chi connectivity index (χ0v) is 19.6. The summed E-state index contributed by atoms with van der Waals surface area (Å²) in [4.78, 5) is 70.7. The first kappa shape index (κ1) is 28.4. The Kier molecular flexibility index (Phi) is 12.1. The monoisotopic (exact) mass is 496 g/mol. The molecule has 0 heterocycles. The minimum absolute atomic E-state index is 0.00678. The number of carboxylic acid groups (broad SMARTS) is 1. The van der Waals surface area contributed by atoms with Gasteiger partial charge in [0.1, 0.15) is 24.7 Å². The first-order valence-electron chi connectivity index (χ1n) is 10.2. The third-order valence-corrected chi connectivity index (χ3v) is 5.27. The van der Waals surface area contributed by atoms with Gasteiger partial charge in [-0.2, -0.15) is 0 Å². The highest BCUT2D eigenvalue weighted by atomic mass is 32.2. The molecule has 1 aromatic carbocycles. The normalized spacial score (nSPS) is 13.0. The van der Waals surface area contributed by atoms with Crippen LogP contribution in [0.1, 0.15) is 32.3 Å². The topological polar surface area (TPSA) is 194 Å². The van der Waals surface area contributed by atoms with E-state index in [0.717, 1.165) is 5.56 Å². The van der Waals surface area contributed by atoms with Crippen molar-refractivity contribution in [2.24, 2.45) is 5.73 Å². The summed E-state index contributed by atoms with van der Waals surface area (Å²) in [6, 6.07) is 5.52. The molecule has 0 radical (unpaired) electrons. The molecule has 0 aromatic heterocycles. The highest BCUT2D eigenvalue weighted by molar-refractivity contribution is 8.14. The van der Waals surface area contributed by atoms with Gasteiger partial charge >= 0.3 is 12.1 Å². The second-order valence-corrected chi connectivity index (χ2v) is 8.25. The maximum absolute atomic E-state index is 12.5. The predicted octanol–water partition coefficient (Wildman–Crippen LogP) is -0.0993. The fourth-order valence-corrected chi connectivity index (χ4v) is 2.98. The third-order valence-electron chi connectivity index (χ3n) is 4.35. The number of alkyl carbamates (subject to hydrolysis) is 1. The number of primary amides is 1. The van der Waals surface area contributed by atoms with Gasteiger partial charge in [0, 0.05) is 6.42 Å². The molecule has 4 amide bonds. The predicted molar refractivity (Wildman–Crippen MR) is 122 cm³/mol. The van der Waals surface area contributed by atoms with Crippen molar-refractivity contribution >= 4 is 46.7 Å². The van der Waals surface area contributed by atoms with Crippen molar-refractivity contribution in [1.29, 1.82) is 0 Å². The number of aliphatic carboxylic acids is 1. The second-order valence-electron chi connectivity index (χ2n) is 7.21. The molecule has 186 valence electrons. The number of nitrogens with one attached hydrogen (secondary N) is 3. The molecule has 0 spiro atoms. The Labute approximate surface area is 200 Å². The van der Waals surface area contributed by atoms with Crippen molar-refractivity contribution in [3.63, 3.8) is 0 Å². The number of ether oxygens (including phenoxy) is 1. The molecular formula is C21H28N4O8S. The lowest BCUT2D eigenvalue weighted by atomic mass is 10.1. The summed E-state index contributed by atoms with van der Waals surface area (Å²) in [7, 11) is 0. The Morgan fingerprint density at radius 1 is 0.971 bits per heavy atom. The van der Waals surface area contributed by atoms with E-state index in [-0.39, 0.29) is 19.4 Å². The van der Waals surface area contributed by atoms with Crippen LogP contribution < -0.4 is 21.7 Å². The van der Waals surface area contributed by atoms with Gasteiger partial charge < -0.3 is 31.5 Å². The highest BCUT2D eigenvalue weighted by Gasteiger charge is 2.27. The molecular weight excluding hydrogens is 468 g/mol. The van der Waals surface area contributed by atoms with E-state index >= 15 is 0 Å². The zero-order valence-electron chi connectivity index (χ0n) is 18.7. The third kappa shape index (κ3) is 11.3. The lowest BCUT2D eigenvalue weighted by Gasteiger charge is -2.22. The Balaban J connectivity index is 2.68. The van der Waals surface area contributed by atoms with Crippen molar-refractivity contribution in [3.8, 4) is 0 Å². The summed E-state index contributed by atoms with van der Waals surface area (Å²) < 4.78 is 5.05. The van der Waals surface area contributed by atoms with Gasteiger partial charge in [0.2, 0.25) is 17.7 Å². The maximum Gasteiger partial charge on any atom is 0.408 e.